The van der Waals surface area contributed by atoms with Crippen molar-refractivity contribution in [2.45, 2.75) is 50.6 Å². The molecular formula is C25H24F6N2O3. The van der Waals surface area contributed by atoms with E-state index in [-0.39, 0.29) is 37.9 Å². The number of halogens is 6. The highest BCUT2D eigenvalue weighted by atomic mass is 19.4. The van der Waals surface area contributed by atoms with Crippen molar-refractivity contribution in [2.75, 3.05) is 19.6 Å². The lowest BCUT2D eigenvalue weighted by Crippen LogP contribution is -2.58. The van der Waals surface area contributed by atoms with E-state index in [1.165, 1.54) is 4.90 Å². The maximum absolute atomic E-state index is 13.2. The predicted molar refractivity (Wildman–Crippen MR) is 117 cm³/mol. The van der Waals surface area contributed by atoms with E-state index >= 15 is 0 Å². The average Bonchev–Trinajstić information content (AvgIpc) is 2.80. The number of hydrogen-bond donors (Lipinski definition) is 1. The van der Waals surface area contributed by atoms with Crippen molar-refractivity contribution in [1.82, 2.24) is 10.2 Å². The Morgan fingerprint density at radius 1 is 0.944 bits per heavy atom. The number of benzene rings is 2. The van der Waals surface area contributed by atoms with Crippen molar-refractivity contribution in [3.8, 4) is 0 Å². The fourth-order valence-corrected chi connectivity index (χ4v) is 4.87. The summed E-state index contributed by atoms with van der Waals surface area (Å²) in [5.74, 6) is -1.18. The summed E-state index contributed by atoms with van der Waals surface area (Å²) >= 11 is 0. The molecule has 2 aromatic carbocycles. The van der Waals surface area contributed by atoms with Crippen LogP contribution in [0.3, 0.4) is 0 Å². The smallest absolute Gasteiger partial charge is 0.416 e. The largest absolute Gasteiger partial charge is 0.442 e. The normalized spacial score (nSPS) is 20.2. The molecule has 194 valence electrons. The predicted octanol–water partition coefficient (Wildman–Crippen LogP) is 5.84. The molecule has 1 atom stereocenters. The lowest BCUT2D eigenvalue weighted by molar-refractivity contribution is -0.143. The Morgan fingerprint density at radius 2 is 1.53 bits per heavy atom. The topological polar surface area (TPSA) is 58.6 Å². The van der Waals surface area contributed by atoms with Crippen molar-refractivity contribution in [1.29, 1.82) is 0 Å². The van der Waals surface area contributed by atoms with Gasteiger partial charge in [0.25, 0.3) is 5.91 Å². The van der Waals surface area contributed by atoms with Crippen LogP contribution in [0.5, 0.6) is 0 Å². The van der Waals surface area contributed by atoms with Gasteiger partial charge in [-0.3, -0.25) is 4.79 Å². The van der Waals surface area contributed by atoms with Gasteiger partial charge in [0.15, 0.2) is 0 Å². The molecule has 36 heavy (non-hydrogen) atoms. The molecule has 2 aliphatic rings. The van der Waals surface area contributed by atoms with E-state index in [2.05, 4.69) is 5.32 Å². The second-order valence-electron chi connectivity index (χ2n) is 9.32. The molecule has 2 fully saturated rings. The van der Waals surface area contributed by atoms with Gasteiger partial charge in [0, 0.05) is 44.0 Å². The van der Waals surface area contributed by atoms with Crippen LogP contribution in [-0.2, 0) is 17.1 Å². The van der Waals surface area contributed by atoms with Gasteiger partial charge in [-0.2, -0.15) is 26.3 Å². The van der Waals surface area contributed by atoms with Gasteiger partial charge in [0.1, 0.15) is 5.60 Å². The minimum Gasteiger partial charge on any atom is -0.442 e. The molecule has 5 nitrogen and oxygen atoms in total. The van der Waals surface area contributed by atoms with Crippen LogP contribution in [0, 0.1) is 13.8 Å². The molecule has 2 heterocycles. The molecular weight excluding hydrogens is 490 g/mol. The molecule has 11 heteroatoms. The number of alkyl halides is 6. The molecule has 0 saturated carbocycles. The standard InChI is InChI=1S/C25H24F6N2O3/c1-14-3-4-16(9-15(14)2)20-13-32-22(35)36-23(20)5-7-33(8-6-23)21(34)17-10-18(24(26,27)28)12-19(11-17)25(29,30)31/h3-4,9-12,20H,5-8,13H2,1-2H3,(H,32,35)/t20-/m1/s1. The maximum Gasteiger partial charge on any atom is 0.416 e. The van der Waals surface area contributed by atoms with Crippen LogP contribution < -0.4 is 5.32 Å². The van der Waals surface area contributed by atoms with Gasteiger partial charge in [-0.05, 0) is 48.7 Å². The Balaban J connectivity index is 1.59. The van der Waals surface area contributed by atoms with E-state index in [4.69, 9.17) is 4.74 Å². The lowest BCUT2D eigenvalue weighted by Gasteiger charge is -2.48. The summed E-state index contributed by atoms with van der Waals surface area (Å²) in [6, 6.07) is 6.76. The number of rotatable bonds is 2. The summed E-state index contributed by atoms with van der Waals surface area (Å²) in [5, 5.41) is 2.68. The number of carbonyl (C=O) groups is 2. The fourth-order valence-electron chi connectivity index (χ4n) is 4.87. The van der Waals surface area contributed by atoms with Gasteiger partial charge >= 0.3 is 18.4 Å². The molecule has 0 unspecified atom stereocenters. The van der Waals surface area contributed by atoms with Crippen LogP contribution in [0.4, 0.5) is 31.1 Å². The Kier molecular flexibility index (Phi) is 6.47. The zero-order valence-electron chi connectivity index (χ0n) is 19.5. The van der Waals surface area contributed by atoms with Gasteiger partial charge < -0.3 is 15.0 Å². The number of likely N-dealkylation sites (tertiary alicyclic amines) is 1. The van der Waals surface area contributed by atoms with Crippen LogP contribution in [0.2, 0.25) is 0 Å². The zero-order valence-corrected chi connectivity index (χ0v) is 19.5. The first-order valence-electron chi connectivity index (χ1n) is 11.3. The molecule has 2 amide bonds. The first-order valence-corrected chi connectivity index (χ1v) is 11.3. The number of carbonyl (C=O) groups excluding carboxylic acids is 2. The van der Waals surface area contributed by atoms with Gasteiger partial charge in [-0.1, -0.05) is 18.2 Å². The van der Waals surface area contributed by atoms with E-state index in [1.807, 2.05) is 32.0 Å². The third-order valence-corrected chi connectivity index (χ3v) is 7.05. The van der Waals surface area contributed by atoms with E-state index in [0.29, 0.717) is 18.7 Å². The second kappa shape index (κ2) is 9.01. The molecule has 0 bridgehead atoms. The quantitative estimate of drug-likeness (QED) is 0.513. The lowest BCUT2D eigenvalue weighted by atomic mass is 9.74. The van der Waals surface area contributed by atoms with Gasteiger partial charge in [0.2, 0.25) is 0 Å². The SMILES string of the molecule is Cc1ccc([C@H]2CNC(=O)OC23CCN(C(=O)c2cc(C(F)(F)F)cc(C(F)(F)F)c2)CC3)cc1C. The first-order chi connectivity index (χ1) is 16.7. The highest BCUT2D eigenvalue weighted by Crippen LogP contribution is 2.43. The summed E-state index contributed by atoms with van der Waals surface area (Å²) in [6.07, 6.45) is -10.3. The Bertz CT molecular complexity index is 1150. The third-order valence-electron chi connectivity index (χ3n) is 7.05. The zero-order chi connectivity index (χ0) is 26.5. The summed E-state index contributed by atoms with van der Waals surface area (Å²) in [4.78, 5) is 26.3. The molecule has 1 N–H and O–H groups in total. The molecule has 1 spiro atoms. The molecule has 0 aromatic heterocycles. The van der Waals surface area contributed by atoms with E-state index in [0.717, 1.165) is 16.7 Å². The van der Waals surface area contributed by atoms with Gasteiger partial charge in [0.05, 0.1) is 11.1 Å². The van der Waals surface area contributed by atoms with Crippen LogP contribution in [0.25, 0.3) is 0 Å². The van der Waals surface area contributed by atoms with Crippen molar-refractivity contribution in [3.63, 3.8) is 0 Å². The number of alkyl carbamates (subject to hydrolysis) is 1. The van der Waals surface area contributed by atoms with Crippen LogP contribution in [0.1, 0.15) is 56.9 Å². The van der Waals surface area contributed by atoms with E-state index in [1.54, 1.807) is 0 Å². The van der Waals surface area contributed by atoms with Crippen LogP contribution in [-0.4, -0.2) is 42.1 Å². The van der Waals surface area contributed by atoms with Crippen LogP contribution >= 0.6 is 0 Å². The number of ether oxygens (including phenoxy) is 1. The number of nitrogens with zero attached hydrogens (tertiary/aromatic N) is 1. The Labute approximate surface area is 203 Å². The number of nitrogens with one attached hydrogen (secondary N) is 1. The molecule has 4 rings (SSSR count). The third kappa shape index (κ3) is 5.01. The highest BCUT2D eigenvalue weighted by Gasteiger charge is 2.49. The Hall–Kier alpha value is -3.24. The van der Waals surface area contributed by atoms with E-state index < -0.39 is 46.6 Å². The molecule has 2 aliphatic heterocycles. The van der Waals surface area contributed by atoms with Crippen molar-refractivity contribution >= 4 is 12.0 Å². The molecule has 0 radical (unpaired) electrons. The van der Waals surface area contributed by atoms with Gasteiger partial charge in [-0.25, -0.2) is 4.79 Å². The average molecular weight is 514 g/mol. The summed E-state index contributed by atoms with van der Waals surface area (Å²) < 4.78 is 85.1. The summed E-state index contributed by atoms with van der Waals surface area (Å²) in [7, 11) is 0. The summed E-state index contributed by atoms with van der Waals surface area (Å²) in [5.41, 5.74) is -1.66. The summed E-state index contributed by atoms with van der Waals surface area (Å²) in [6.45, 7) is 4.24. The van der Waals surface area contributed by atoms with E-state index in [9.17, 15) is 35.9 Å². The second-order valence-corrected chi connectivity index (χ2v) is 9.32. The maximum atomic E-state index is 13.2. The van der Waals surface area contributed by atoms with Gasteiger partial charge in [-0.15, -0.1) is 0 Å². The fraction of sp³-hybridized carbons (Fsp3) is 0.440. The van der Waals surface area contributed by atoms with Crippen molar-refractivity contribution < 1.29 is 40.7 Å². The minimum atomic E-state index is -5.05. The number of amides is 2. The molecule has 0 aliphatic carbocycles. The molecule has 2 saturated heterocycles. The molecule has 2 aromatic rings. The highest BCUT2D eigenvalue weighted by molar-refractivity contribution is 5.94. The monoisotopic (exact) mass is 514 g/mol. The Morgan fingerprint density at radius 3 is 2.06 bits per heavy atom. The minimum absolute atomic E-state index is 0.00501. The number of hydrogen-bond acceptors (Lipinski definition) is 3. The number of piperidine rings is 1. The first kappa shape index (κ1) is 25.8. The number of aryl methyl sites for hydroxylation is 2. The van der Waals surface area contributed by atoms with Crippen LogP contribution in [0.15, 0.2) is 36.4 Å². The van der Waals surface area contributed by atoms with Crippen molar-refractivity contribution in [3.05, 3.63) is 69.8 Å². The van der Waals surface area contributed by atoms with Crippen molar-refractivity contribution in [2.24, 2.45) is 0 Å².